The van der Waals surface area contributed by atoms with E-state index in [-0.39, 0.29) is 17.0 Å². The van der Waals surface area contributed by atoms with Crippen LogP contribution in [0.25, 0.3) is 0 Å². The average Bonchev–Trinajstić information content (AvgIpc) is 1.89. The zero-order valence-electron chi connectivity index (χ0n) is 6.97. The second kappa shape index (κ2) is 12.8. The van der Waals surface area contributed by atoms with Crippen molar-refractivity contribution < 1.29 is 18.6 Å². The van der Waals surface area contributed by atoms with E-state index in [0.29, 0.717) is 18.6 Å². The molecule has 0 aliphatic rings. The first-order valence-electron chi connectivity index (χ1n) is 3.86. The molecule has 0 amide bonds. The van der Waals surface area contributed by atoms with E-state index in [1.165, 1.54) is 25.7 Å². The zero-order chi connectivity index (χ0) is 6.95. The van der Waals surface area contributed by atoms with Gasteiger partial charge in [0.2, 0.25) is 0 Å². The molecule has 0 aromatic heterocycles. The van der Waals surface area contributed by atoms with Crippen LogP contribution in [0, 0.1) is 0 Å². The first-order valence-corrected chi connectivity index (χ1v) is 7.07. The molecule has 0 aliphatic heterocycles. The van der Waals surface area contributed by atoms with E-state index >= 15 is 0 Å². The average molecular weight is 390 g/mol. The van der Waals surface area contributed by atoms with Crippen molar-refractivity contribution in [1.82, 2.24) is 0 Å². The van der Waals surface area contributed by atoms with Crippen molar-refractivity contribution in [2.45, 2.75) is 49.2 Å². The van der Waals surface area contributed by atoms with Gasteiger partial charge in [0.15, 0.2) is 0 Å². The number of hydrogen-bond donors (Lipinski definition) is 0. The van der Waals surface area contributed by atoms with Gasteiger partial charge in [0.05, 0.1) is 0 Å². The van der Waals surface area contributed by atoms with Gasteiger partial charge in [0.1, 0.15) is 0 Å². The Bertz CT molecular complexity index is 42.5. The molecule has 0 N–H and O–H groups in total. The summed E-state index contributed by atoms with van der Waals surface area (Å²) in [4.78, 5) is 3.13. The standard InChI is InChI=1S/2C4H9.BrH.Pt/c2*1-3-4-2;;/h2*1,3-4H2,2H3;1H;. The Morgan fingerprint density at radius 3 is 1.60 bits per heavy atom. The molecule has 0 nitrogen and oxygen atoms in total. The Balaban J connectivity index is 0. The molecule has 0 aromatic rings. The first kappa shape index (κ1) is 13.7. The summed E-state index contributed by atoms with van der Waals surface area (Å²) >= 11 is 0.603. The van der Waals surface area contributed by atoms with Crippen molar-refractivity contribution in [2.75, 3.05) is 0 Å². The Morgan fingerprint density at radius 1 is 0.900 bits per heavy atom. The van der Waals surface area contributed by atoms with Gasteiger partial charge in [-0.1, -0.05) is 0 Å². The normalized spacial score (nSPS) is 9.40. The van der Waals surface area contributed by atoms with Crippen molar-refractivity contribution in [2.24, 2.45) is 0 Å². The molecule has 0 heterocycles. The molecule has 68 valence electrons. The minimum atomic E-state index is 0. The fourth-order valence-corrected chi connectivity index (χ4v) is 3.77. The molecule has 0 radical (unpaired) electrons. The number of unbranched alkanes of at least 4 members (excludes halogenated alkanes) is 2. The molecule has 10 heavy (non-hydrogen) atoms. The van der Waals surface area contributed by atoms with Crippen molar-refractivity contribution in [3.8, 4) is 0 Å². The third-order valence-corrected chi connectivity index (χ3v) is 4.37. The summed E-state index contributed by atoms with van der Waals surface area (Å²) in [7, 11) is 0. The Labute approximate surface area is 84.5 Å². The van der Waals surface area contributed by atoms with Crippen molar-refractivity contribution in [3.05, 3.63) is 0 Å². The van der Waals surface area contributed by atoms with E-state index in [2.05, 4.69) is 13.8 Å². The van der Waals surface area contributed by atoms with Crippen LogP contribution in [-0.2, 0) is 18.6 Å². The zero-order valence-corrected chi connectivity index (χ0v) is 11.0. The molecule has 0 rings (SSSR count). The van der Waals surface area contributed by atoms with Crippen LogP contribution in [0.3, 0.4) is 0 Å². The van der Waals surface area contributed by atoms with Crippen LogP contribution >= 0.6 is 17.0 Å². The van der Waals surface area contributed by atoms with Gasteiger partial charge < -0.3 is 0 Å². The van der Waals surface area contributed by atoms with Crippen LogP contribution in [0.2, 0.25) is 9.62 Å². The van der Waals surface area contributed by atoms with E-state index in [1.807, 2.05) is 0 Å². The molecular weight excluding hydrogens is 371 g/mol. The monoisotopic (exact) mass is 389 g/mol. The third kappa shape index (κ3) is 11.9. The Morgan fingerprint density at radius 2 is 1.30 bits per heavy atom. The molecule has 2 heteroatoms. The summed E-state index contributed by atoms with van der Waals surface area (Å²) < 4.78 is 0. The molecule has 0 aromatic carbocycles. The van der Waals surface area contributed by atoms with Crippen molar-refractivity contribution >= 4 is 17.0 Å². The summed E-state index contributed by atoms with van der Waals surface area (Å²) in [5.74, 6) is 0. The first-order chi connectivity index (χ1) is 4.41. The molecule has 0 fully saturated rings. The van der Waals surface area contributed by atoms with Gasteiger partial charge in [-0.2, -0.15) is 0 Å². The summed E-state index contributed by atoms with van der Waals surface area (Å²) in [5, 5.41) is 0. The number of hydrogen-bond acceptors (Lipinski definition) is 0. The van der Waals surface area contributed by atoms with Gasteiger partial charge in [-0.3, -0.25) is 0 Å². The van der Waals surface area contributed by atoms with Crippen molar-refractivity contribution in [3.63, 3.8) is 0 Å². The van der Waals surface area contributed by atoms with E-state index < -0.39 is 0 Å². The maximum atomic E-state index is 2.28. The molecule has 0 saturated carbocycles. The van der Waals surface area contributed by atoms with Crippen LogP contribution in [0.5, 0.6) is 0 Å². The summed E-state index contributed by atoms with van der Waals surface area (Å²) in [6.07, 6.45) is 5.76. The van der Waals surface area contributed by atoms with E-state index in [1.54, 1.807) is 9.62 Å². The molecular formula is C8H19BrPt. The quantitative estimate of drug-likeness (QED) is 0.600. The number of halogens is 1. The molecule has 0 atom stereocenters. The fraction of sp³-hybridized carbons (Fsp3) is 1.00. The predicted molar refractivity (Wildman–Crippen MR) is 49.8 cm³/mol. The summed E-state index contributed by atoms with van der Waals surface area (Å²) in [6.45, 7) is 4.56. The maximum absolute atomic E-state index is 2.28. The van der Waals surface area contributed by atoms with Crippen LogP contribution in [0.15, 0.2) is 0 Å². The van der Waals surface area contributed by atoms with Crippen LogP contribution < -0.4 is 0 Å². The van der Waals surface area contributed by atoms with Gasteiger partial charge in [0, 0.05) is 0 Å². The van der Waals surface area contributed by atoms with Gasteiger partial charge in [0.25, 0.3) is 0 Å². The molecule has 0 spiro atoms. The number of rotatable bonds is 6. The van der Waals surface area contributed by atoms with E-state index in [0.717, 1.165) is 0 Å². The van der Waals surface area contributed by atoms with E-state index in [4.69, 9.17) is 0 Å². The van der Waals surface area contributed by atoms with Gasteiger partial charge in [-0.15, -0.1) is 17.0 Å². The van der Waals surface area contributed by atoms with Crippen LogP contribution in [-0.4, -0.2) is 0 Å². The van der Waals surface area contributed by atoms with E-state index in [9.17, 15) is 0 Å². The third-order valence-electron chi connectivity index (χ3n) is 1.15. The molecule has 0 bridgehead atoms. The van der Waals surface area contributed by atoms with Crippen LogP contribution in [0.4, 0.5) is 0 Å². The molecule has 0 unspecified atom stereocenters. The minimum absolute atomic E-state index is 0. The molecule has 0 aliphatic carbocycles. The Kier molecular flexibility index (Phi) is 17.6. The predicted octanol–water partition coefficient (Wildman–Crippen LogP) is 4.08. The SMILES string of the molecule is Br.CCC[CH2][Pt][CH2]CCC. The van der Waals surface area contributed by atoms with Crippen LogP contribution in [0.1, 0.15) is 39.5 Å². The van der Waals surface area contributed by atoms with Crippen molar-refractivity contribution in [1.29, 1.82) is 0 Å². The second-order valence-corrected chi connectivity index (χ2v) is 5.59. The topological polar surface area (TPSA) is 0 Å². The van der Waals surface area contributed by atoms with Gasteiger partial charge >= 0.3 is 67.7 Å². The van der Waals surface area contributed by atoms with Gasteiger partial charge in [-0.05, 0) is 0 Å². The Hall–Kier alpha value is 1.17. The summed E-state index contributed by atoms with van der Waals surface area (Å²) in [6, 6.07) is 0. The molecule has 0 saturated heterocycles. The van der Waals surface area contributed by atoms with Gasteiger partial charge in [-0.25, -0.2) is 0 Å². The second-order valence-electron chi connectivity index (χ2n) is 2.18. The summed E-state index contributed by atoms with van der Waals surface area (Å²) in [5.41, 5.74) is 0. The fourth-order valence-electron chi connectivity index (χ4n) is 0.461.